The third-order valence-electron chi connectivity index (χ3n) is 3.21. The number of allylic oxidation sites excluding steroid dienone is 1. The zero-order chi connectivity index (χ0) is 14.3. The van der Waals surface area contributed by atoms with Crippen LogP contribution in [0.5, 0.6) is 0 Å². The molecule has 0 bridgehead atoms. The normalized spacial score (nSPS) is 20.6. The van der Waals surface area contributed by atoms with Crippen LogP contribution in [0.4, 0.5) is 0 Å². The van der Waals surface area contributed by atoms with Crippen molar-refractivity contribution >= 4 is 11.9 Å². The van der Waals surface area contributed by atoms with E-state index in [2.05, 4.69) is 11.3 Å². The Labute approximate surface area is 113 Å². The summed E-state index contributed by atoms with van der Waals surface area (Å²) < 4.78 is 9.51. The van der Waals surface area contributed by atoms with Gasteiger partial charge in [-0.2, -0.15) is 0 Å². The van der Waals surface area contributed by atoms with E-state index in [1.165, 1.54) is 7.11 Å². The number of hydrogen-bond acceptors (Lipinski definition) is 4. The van der Waals surface area contributed by atoms with E-state index >= 15 is 0 Å². The number of methoxy groups -OCH3 is 2. The van der Waals surface area contributed by atoms with Gasteiger partial charge in [0.1, 0.15) is 0 Å². The number of amides is 1. The first kappa shape index (κ1) is 15.3. The number of nitrogens with zero attached hydrogens (tertiary/aromatic N) is 1. The fourth-order valence-electron chi connectivity index (χ4n) is 2.13. The molecule has 2 atom stereocenters. The maximum absolute atomic E-state index is 11.8. The van der Waals surface area contributed by atoms with E-state index in [1.54, 1.807) is 18.3 Å². The Bertz CT molecular complexity index is 364. The molecule has 5 heteroatoms. The Morgan fingerprint density at radius 1 is 1.58 bits per heavy atom. The molecular weight excluding hydrogens is 246 g/mol. The minimum absolute atomic E-state index is 0.00188. The summed E-state index contributed by atoms with van der Waals surface area (Å²) in [5.41, 5.74) is 0. The second kappa shape index (κ2) is 7.61. The zero-order valence-corrected chi connectivity index (χ0v) is 11.5. The van der Waals surface area contributed by atoms with Gasteiger partial charge in [-0.1, -0.05) is 6.08 Å². The summed E-state index contributed by atoms with van der Waals surface area (Å²) in [5, 5.41) is 0. The van der Waals surface area contributed by atoms with Crippen LogP contribution in [0.25, 0.3) is 0 Å². The maximum atomic E-state index is 11.8. The van der Waals surface area contributed by atoms with E-state index < -0.39 is 0 Å². The van der Waals surface area contributed by atoms with E-state index in [1.807, 2.05) is 12.2 Å². The van der Waals surface area contributed by atoms with Crippen LogP contribution >= 0.6 is 0 Å². The molecule has 0 spiro atoms. The van der Waals surface area contributed by atoms with Crippen molar-refractivity contribution in [2.75, 3.05) is 27.3 Å². The molecule has 0 N–H and O–H groups in total. The lowest BCUT2D eigenvalue weighted by Gasteiger charge is -2.20. The third kappa shape index (κ3) is 4.43. The first-order chi connectivity index (χ1) is 9.12. The van der Waals surface area contributed by atoms with E-state index in [0.29, 0.717) is 13.1 Å². The largest absolute Gasteiger partial charge is 0.505 e. The van der Waals surface area contributed by atoms with Crippen molar-refractivity contribution in [2.24, 2.45) is 11.8 Å². The molecule has 0 aromatic heterocycles. The quantitative estimate of drug-likeness (QED) is 0.397. The summed E-state index contributed by atoms with van der Waals surface area (Å²) >= 11 is 0. The number of likely N-dealkylation sites (tertiary alicyclic amines) is 1. The van der Waals surface area contributed by atoms with Gasteiger partial charge in [0.15, 0.2) is 0 Å². The summed E-state index contributed by atoms with van der Waals surface area (Å²) in [6, 6.07) is 0. The molecule has 1 rings (SSSR count). The summed E-state index contributed by atoms with van der Waals surface area (Å²) in [6.45, 7) is 4.78. The highest BCUT2D eigenvalue weighted by Gasteiger charge is 2.35. The van der Waals surface area contributed by atoms with Crippen LogP contribution in [-0.4, -0.2) is 44.1 Å². The Morgan fingerprint density at radius 2 is 2.32 bits per heavy atom. The van der Waals surface area contributed by atoms with Crippen molar-refractivity contribution in [1.29, 1.82) is 0 Å². The van der Waals surface area contributed by atoms with Gasteiger partial charge in [-0.05, 0) is 18.4 Å². The van der Waals surface area contributed by atoms with E-state index in [9.17, 15) is 9.59 Å². The minimum atomic E-state index is -0.336. The van der Waals surface area contributed by atoms with Crippen LogP contribution < -0.4 is 0 Å². The molecule has 1 aliphatic rings. The number of ether oxygens (including phenoxy) is 2. The van der Waals surface area contributed by atoms with E-state index in [-0.39, 0.29) is 30.1 Å². The lowest BCUT2D eigenvalue weighted by Crippen LogP contribution is -2.31. The predicted molar refractivity (Wildman–Crippen MR) is 71.2 cm³/mol. The Morgan fingerprint density at radius 3 is 2.89 bits per heavy atom. The SMILES string of the molecule is C=CC(C/C=C/OC)CN1CC(C(=O)OC)CC1=O. The van der Waals surface area contributed by atoms with Crippen LogP contribution in [0.3, 0.4) is 0 Å². The molecule has 19 heavy (non-hydrogen) atoms. The minimum Gasteiger partial charge on any atom is -0.505 e. The van der Waals surface area contributed by atoms with Gasteiger partial charge < -0.3 is 14.4 Å². The number of rotatable bonds is 7. The molecule has 106 valence electrons. The van der Waals surface area contributed by atoms with E-state index in [4.69, 9.17) is 4.74 Å². The van der Waals surface area contributed by atoms with Gasteiger partial charge in [0.2, 0.25) is 5.91 Å². The number of hydrogen-bond donors (Lipinski definition) is 0. The van der Waals surface area contributed by atoms with Gasteiger partial charge in [0.25, 0.3) is 0 Å². The molecule has 0 aromatic rings. The highest BCUT2D eigenvalue weighted by Crippen LogP contribution is 2.21. The van der Waals surface area contributed by atoms with Crippen molar-refractivity contribution in [3.8, 4) is 0 Å². The predicted octanol–water partition coefficient (Wildman–Crippen LogP) is 1.36. The third-order valence-corrected chi connectivity index (χ3v) is 3.21. The van der Waals surface area contributed by atoms with Gasteiger partial charge in [-0.25, -0.2) is 0 Å². The zero-order valence-electron chi connectivity index (χ0n) is 11.5. The Kier molecular flexibility index (Phi) is 6.12. The molecular formula is C14H21NO4. The lowest BCUT2D eigenvalue weighted by molar-refractivity contribution is -0.145. The number of carbonyl (C=O) groups excluding carboxylic acids is 2. The van der Waals surface area contributed by atoms with Crippen LogP contribution in [-0.2, 0) is 19.1 Å². The topological polar surface area (TPSA) is 55.8 Å². The Hall–Kier alpha value is -1.78. The number of esters is 1. The van der Waals surface area contributed by atoms with Crippen molar-refractivity contribution in [1.82, 2.24) is 4.90 Å². The summed E-state index contributed by atoms with van der Waals surface area (Å²) in [4.78, 5) is 25.0. The molecule has 1 saturated heterocycles. The highest BCUT2D eigenvalue weighted by molar-refractivity contribution is 5.86. The average molecular weight is 267 g/mol. The average Bonchev–Trinajstić information content (AvgIpc) is 2.78. The lowest BCUT2D eigenvalue weighted by atomic mass is 10.1. The van der Waals surface area contributed by atoms with Gasteiger partial charge >= 0.3 is 5.97 Å². The smallest absolute Gasteiger partial charge is 0.310 e. The highest BCUT2D eigenvalue weighted by atomic mass is 16.5. The van der Waals surface area contributed by atoms with Gasteiger partial charge in [-0.15, -0.1) is 6.58 Å². The van der Waals surface area contributed by atoms with Crippen molar-refractivity contribution < 1.29 is 19.1 Å². The fraction of sp³-hybridized carbons (Fsp3) is 0.571. The van der Waals surface area contributed by atoms with Gasteiger partial charge in [0.05, 0.1) is 26.4 Å². The van der Waals surface area contributed by atoms with Crippen LogP contribution in [0.15, 0.2) is 25.0 Å². The monoisotopic (exact) mass is 267 g/mol. The molecule has 0 radical (unpaired) electrons. The van der Waals surface area contributed by atoms with Crippen LogP contribution in [0, 0.1) is 11.8 Å². The van der Waals surface area contributed by atoms with Crippen LogP contribution in [0.2, 0.25) is 0 Å². The Balaban J connectivity index is 2.51. The maximum Gasteiger partial charge on any atom is 0.310 e. The van der Waals surface area contributed by atoms with Gasteiger partial charge in [-0.3, -0.25) is 9.59 Å². The fourth-order valence-corrected chi connectivity index (χ4v) is 2.13. The molecule has 2 unspecified atom stereocenters. The molecule has 1 amide bonds. The first-order valence-corrected chi connectivity index (χ1v) is 6.28. The molecule has 0 saturated carbocycles. The van der Waals surface area contributed by atoms with E-state index in [0.717, 1.165) is 6.42 Å². The van der Waals surface area contributed by atoms with Crippen molar-refractivity contribution in [3.05, 3.63) is 25.0 Å². The molecule has 1 aliphatic heterocycles. The molecule has 0 aliphatic carbocycles. The molecule has 1 heterocycles. The summed E-state index contributed by atoms with van der Waals surface area (Å²) in [7, 11) is 2.93. The summed E-state index contributed by atoms with van der Waals surface area (Å²) in [5.74, 6) is -0.493. The first-order valence-electron chi connectivity index (χ1n) is 6.28. The van der Waals surface area contributed by atoms with Crippen molar-refractivity contribution in [2.45, 2.75) is 12.8 Å². The molecule has 1 fully saturated rings. The molecule has 5 nitrogen and oxygen atoms in total. The molecule has 0 aromatic carbocycles. The summed E-state index contributed by atoms with van der Waals surface area (Å²) in [6.07, 6.45) is 6.32. The standard InChI is InChI=1S/C14H21NO4/c1-4-11(6-5-7-18-2)9-15-10-12(8-13(15)16)14(17)19-3/h4-5,7,11-12H,1,6,8-10H2,2-3H3/b7-5+. The van der Waals surface area contributed by atoms with Crippen LogP contribution in [0.1, 0.15) is 12.8 Å². The second-order valence-corrected chi connectivity index (χ2v) is 4.56. The van der Waals surface area contributed by atoms with Crippen molar-refractivity contribution in [3.63, 3.8) is 0 Å². The van der Waals surface area contributed by atoms with Gasteiger partial charge in [0, 0.05) is 19.5 Å². The number of carbonyl (C=O) groups is 2. The second-order valence-electron chi connectivity index (χ2n) is 4.56.